The Morgan fingerprint density at radius 3 is 2.93 bits per heavy atom. The van der Waals surface area contributed by atoms with E-state index in [0.29, 0.717) is 0 Å². The number of aliphatic imine (C=N–C) groups is 1. The normalized spacial score (nSPS) is 12.4. The van der Waals surface area contributed by atoms with Gasteiger partial charge in [-0.1, -0.05) is 19.8 Å². The number of aromatic nitrogens is 1. The number of unbranched alkanes of at least 4 members (excludes halogenated alkanes) is 1. The van der Waals surface area contributed by atoms with Gasteiger partial charge in [-0.05, 0) is 6.42 Å². The van der Waals surface area contributed by atoms with Gasteiger partial charge in [0, 0.05) is 11.6 Å². The zero-order chi connectivity index (χ0) is 10.4. The lowest BCUT2D eigenvalue weighted by molar-refractivity contribution is 0.601. The molecule has 0 spiro atoms. The number of nitrogens with zero attached hydrogens (tertiary/aromatic N) is 2. The van der Waals surface area contributed by atoms with Crippen molar-refractivity contribution in [1.29, 1.82) is 0 Å². The van der Waals surface area contributed by atoms with Crippen LogP contribution in [0.4, 0.5) is 0 Å². The molecule has 0 aliphatic rings. The van der Waals surface area contributed by atoms with Gasteiger partial charge in [-0.25, -0.2) is 9.98 Å². The third-order valence-electron chi connectivity index (χ3n) is 1.87. The van der Waals surface area contributed by atoms with Gasteiger partial charge in [-0.3, -0.25) is 0 Å². The second kappa shape index (κ2) is 5.59. The Bertz CT molecular complexity index is 277. The first-order valence-corrected chi connectivity index (χ1v) is 5.60. The Morgan fingerprint density at radius 2 is 2.43 bits per heavy atom. The van der Waals surface area contributed by atoms with E-state index in [2.05, 4.69) is 16.9 Å². The van der Waals surface area contributed by atoms with E-state index in [1.807, 2.05) is 5.38 Å². The van der Waals surface area contributed by atoms with Crippen LogP contribution in [0.15, 0.2) is 16.6 Å². The Labute approximate surface area is 88.1 Å². The van der Waals surface area contributed by atoms with E-state index >= 15 is 0 Å². The van der Waals surface area contributed by atoms with Gasteiger partial charge in [0.15, 0.2) is 5.96 Å². The molecule has 1 atom stereocenters. The van der Waals surface area contributed by atoms with Crippen LogP contribution in [0.3, 0.4) is 0 Å². The van der Waals surface area contributed by atoms with Crippen LogP contribution in [0.5, 0.6) is 0 Å². The van der Waals surface area contributed by atoms with E-state index in [4.69, 9.17) is 11.5 Å². The molecule has 1 unspecified atom stereocenters. The van der Waals surface area contributed by atoms with Crippen molar-refractivity contribution in [3.63, 3.8) is 0 Å². The maximum absolute atomic E-state index is 5.38. The second-order valence-electron chi connectivity index (χ2n) is 3.08. The first-order chi connectivity index (χ1) is 6.74. The van der Waals surface area contributed by atoms with Crippen LogP contribution in [0.1, 0.15) is 37.2 Å². The van der Waals surface area contributed by atoms with Gasteiger partial charge < -0.3 is 11.5 Å². The Balaban J connectivity index is 2.67. The zero-order valence-electron chi connectivity index (χ0n) is 8.31. The van der Waals surface area contributed by atoms with Gasteiger partial charge >= 0.3 is 0 Å². The minimum Gasteiger partial charge on any atom is -0.370 e. The fourth-order valence-corrected chi connectivity index (χ4v) is 1.93. The molecule has 0 saturated heterocycles. The molecule has 0 aliphatic carbocycles. The van der Waals surface area contributed by atoms with Crippen molar-refractivity contribution >= 4 is 17.3 Å². The summed E-state index contributed by atoms with van der Waals surface area (Å²) in [6.07, 6.45) is 4.99. The van der Waals surface area contributed by atoms with Crippen molar-refractivity contribution in [3.8, 4) is 0 Å². The highest BCUT2D eigenvalue weighted by molar-refractivity contribution is 7.09. The standard InChI is InChI=1S/C9H16N4S/c1-2-3-4-7(13-9(10)11)8-12-5-6-14-8/h5-7H,2-4H2,1H3,(H4,10,11,13). The van der Waals surface area contributed by atoms with Crippen molar-refractivity contribution in [2.24, 2.45) is 16.5 Å². The number of thiazole rings is 1. The highest BCUT2D eigenvalue weighted by Gasteiger charge is 2.11. The van der Waals surface area contributed by atoms with Crippen LogP contribution in [0.2, 0.25) is 0 Å². The molecule has 14 heavy (non-hydrogen) atoms. The van der Waals surface area contributed by atoms with Crippen molar-refractivity contribution in [3.05, 3.63) is 16.6 Å². The van der Waals surface area contributed by atoms with Crippen LogP contribution >= 0.6 is 11.3 Å². The summed E-state index contributed by atoms with van der Waals surface area (Å²) < 4.78 is 0. The Morgan fingerprint density at radius 1 is 1.64 bits per heavy atom. The molecule has 78 valence electrons. The summed E-state index contributed by atoms with van der Waals surface area (Å²) in [4.78, 5) is 8.40. The maximum atomic E-state index is 5.38. The number of guanidine groups is 1. The lowest BCUT2D eigenvalue weighted by Gasteiger charge is -2.08. The van der Waals surface area contributed by atoms with Gasteiger partial charge in [0.2, 0.25) is 0 Å². The average Bonchev–Trinajstić information content (AvgIpc) is 2.64. The Kier molecular flexibility index (Phi) is 4.39. The predicted octanol–water partition coefficient (Wildman–Crippen LogP) is 1.65. The predicted molar refractivity (Wildman–Crippen MR) is 60.2 cm³/mol. The van der Waals surface area contributed by atoms with Gasteiger partial charge in [0.05, 0.1) is 0 Å². The van der Waals surface area contributed by atoms with Crippen molar-refractivity contribution in [2.45, 2.75) is 32.2 Å². The summed E-state index contributed by atoms with van der Waals surface area (Å²) >= 11 is 1.59. The minimum atomic E-state index is 0.0416. The molecule has 0 radical (unpaired) electrons. The first-order valence-electron chi connectivity index (χ1n) is 4.72. The van der Waals surface area contributed by atoms with Crippen LogP contribution in [-0.4, -0.2) is 10.9 Å². The molecular weight excluding hydrogens is 196 g/mol. The fraction of sp³-hybridized carbons (Fsp3) is 0.556. The van der Waals surface area contributed by atoms with Crippen LogP contribution in [-0.2, 0) is 0 Å². The second-order valence-corrected chi connectivity index (χ2v) is 4.01. The molecular formula is C9H16N4S. The van der Waals surface area contributed by atoms with Gasteiger partial charge in [-0.2, -0.15) is 0 Å². The minimum absolute atomic E-state index is 0.0416. The molecule has 0 bridgehead atoms. The Hall–Kier alpha value is -1.10. The molecule has 4 N–H and O–H groups in total. The molecule has 1 aromatic heterocycles. The molecule has 0 aromatic carbocycles. The summed E-state index contributed by atoms with van der Waals surface area (Å²) in [5.74, 6) is 0.140. The first kappa shape index (κ1) is 11.0. The van der Waals surface area contributed by atoms with Gasteiger partial charge in [0.25, 0.3) is 0 Å². The highest BCUT2D eigenvalue weighted by Crippen LogP contribution is 2.24. The van der Waals surface area contributed by atoms with Crippen molar-refractivity contribution in [1.82, 2.24) is 4.98 Å². The monoisotopic (exact) mass is 212 g/mol. The van der Waals surface area contributed by atoms with E-state index in [1.54, 1.807) is 17.5 Å². The quantitative estimate of drug-likeness (QED) is 0.575. The molecule has 1 rings (SSSR count). The molecule has 5 heteroatoms. The molecule has 0 aliphatic heterocycles. The van der Waals surface area contributed by atoms with E-state index < -0.39 is 0 Å². The number of rotatable bonds is 5. The number of nitrogens with two attached hydrogens (primary N) is 2. The zero-order valence-corrected chi connectivity index (χ0v) is 9.13. The lowest BCUT2D eigenvalue weighted by Crippen LogP contribution is -2.23. The largest absolute Gasteiger partial charge is 0.370 e. The summed E-state index contributed by atoms with van der Waals surface area (Å²) in [6.45, 7) is 2.15. The molecule has 1 heterocycles. The number of hydrogen-bond acceptors (Lipinski definition) is 3. The van der Waals surface area contributed by atoms with E-state index in [1.165, 1.54) is 0 Å². The van der Waals surface area contributed by atoms with Crippen molar-refractivity contribution in [2.75, 3.05) is 0 Å². The smallest absolute Gasteiger partial charge is 0.186 e. The van der Waals surface area contributed by atoms with E-state index in [9.17, 15) is 0 Å². The van der Waals surface area contributed by atoms with E-state index in [0.717, 1.165) is 24.3 Å². The third-order valence-corrected chi connectivity index (χ3v) is 2.75. The SMILES string of the molecule is CCCCC(N=C(N)N)c1nccs1. The lowest BCUT2D eigenvalue weighted by atomic mass is 10.1. The molecule has 1 aromatic rings. The van der Waals surface area contributed by atoms with Crippen molar-refractivity contribution < 1.29 is 0 Å². The topological polar surface area (TPSA) is 77.3 Å². The van der Waals surface area contributed by atoms with E-state index in [-0.39, 0.29) is 12.0 Å². The van der Waals surface area contributed by atoms with Gasteiger partial charge in [-0.15, -0.1) is 11.3 Å². The van der Waals surface area contributed by atoms with Gasteiger partial charge in [0.1, 0.15) is 11.0 Å². The fourth-order valence-electron chi connectivity index (χ4n) is 1.22. The molecule has 4 nitrogen and oxygen atoms in total. The average molecular weight is 212 g/mol. The highest BCUT2D eigenvalue weighted by atomic mass is 32.1. The summed E-state index contributed by atoms with van der Waals surface area (Å²) in [5, 5.41) is 2.93. The maximum Gasteiger partial charge on any atom is 0.186 e. The molecule has 0 saturated carbocycles. The summed E-state index contributed by atoms with van der Waals surface area (Å²) in [6, 6.07) is 0.0416. The molecule has 0 fully saturated rings. The summed E-state index contributed by atoms with van der Waals surface area (Å²) in [7, 11) is 0. The van der Waals surface area contributed by atoms with Crippen LogP contribution in [0, 0.1) is 0 Å². The van der Waals surface area contributed by atoms with Crippen LogP contribution < -0.4 is 11.5 Å². The number of hydrogen-bond donors (Lipinski definition) is 2. The summed E-state index contributed by atoms with van der Waals surface area (Å²) in [5.41, 5.74) is 10.8. The third kappa shape index (κ3) is 3.33. The molecule has 0 amide bonds. The van der Waals surface area contributed by atoms with Crippen LogP contribution in [0.25, 0.3) is 0 Å².